The Morgan fingerprint density at radius 1 is 1.17 bits per heavy atom. The number of hydrogen-bond acceptors (Lipinski definition) is 2. The van der Waals surface area contributed by atoms with E-state index in [9.17, 15) is 0 Å². The Hall–Kier alpha value is -2.32. The molecule has 4 heteroatoms. The van der Waals surface area contributed by atoms with E-state index in [0.29, 0.717) is 5.71 Å². The van der Waals surface area contributed by atoms with Crippen molar-refractivity contribution in [3.05, 3.63) is 59.3 Å². The van der Waals surface area contributed by atoms with Crippen LogP contribution in [-0.2, 0) is 0 Å². The number of azo groups is 1. The van der Waals surface area contributed by atoms with Crippen LogP contribution in [0.5, 0.6) is 0 Å². The molecule has 0 amide bonds. The SMILES string of the molecule is Cc1ccccc1N=NC1=CC(C)C(=[N+]=[N-])C=C1. The van der Waals surface area contributed by atoms with Crippen LogP contribution in [-0.4, -0.2) is 10.5 Å². The van der Waals surface area contributed by atoms with Crippen LogP contribution in [0.4, 0.5) is 5.69 Å². The Bertz CT molecular complexity index is 590. The zero-order chi connectivity index (χ0) is 13.0. The topological polar surface area (TPSA) is 61.1 Å². The number of benzene rings is 1. The van der Waals surface area contributed by atoms with Crippen molar-refractivity contribution in [2.45, 2.75) is 13.8 Å². The highest BCUT2D eigenvalue weighted by Crippen LogP contribution is 2.20. The molecule has 0 N–H and O–H groups in total. The van der Waals surface area contributed by atoms with Gasteiger partial charge < -0.3 is 5.53 Å². The van der Waals surface area contributed by atoms with Crippen LogP contribution in [0.1, 0.15) is 12.5 Å². The Kier molecular flexibility index (Phi) is 3.60. The van der Waals surface area contributed by atoms with E-state index in [-0.39, 0.29) is 5.92 Å². The summed E-state index contributed by atoms with van der Waals surface area (Å²) in [7, 11) is 0. The lowest BCUT2D eigenvalue weighted by Gasteiger charge is -2.04. The van der Waals surface area contributed by atoms with E-state index in [1.54, 1.807) is 12.2 Å². The van der Waals surface area contributed by atoms with Gasteiger partial charge in [0.15, 0.2) is 0 Å². The second kappa shape index (κ2) is 5.34. The fourth-order valence-electron chi connectivity index (χ4n) is 1.70. The van der Waals surface area contributed by atoms with Gasteiger partial charge in [0.2, 0.25) is 0 Å². The highest BCUT2D eigenvalue weighted by molar-refractivity contribution is 5.94. The van der Waals surface area contributed by atoms with Crippen LogP contribution >= 0.6 is 0 Å². The molecule has 0 saturated heterocycles. The Labute approximate surface area is 106 Å². The largest absolute Gasteiger partial charge is 0.361 e. The molecule has 0 aliphatic heterocycles. The summed E-state index contributed by atoms with van der Waals surface area (Å²) < 4.78 is 0. The van der Waals surface area contributed by atoms with E-state index in [2.05, 4.69) is 15.0 Å². The zero-order valence-corrected chi connectivity index (χ0v) is 10.4. The van der Waals surface area contributed by atoms with Crippen LogP contribution in [0.3, 0.4) is 0 Å². The highest BCUT2D eigenvalue weighted by atomic mass is 15.1. The van der Waals surface area contributed by atoms with E-state index in [4.69, 9.17) is 5.53 Å². The summed E-state index contributed by atoms with van der Waals surface area (Å²) in [6.07, 6.45) is 5.45. The van der Waals surface area contributed by atoms with Crippen LogP contribution in [0.15, 0.2) is 58.4 Å². The fraction of sp³-hybridized carbons (Fsp3) is 0.214. The lowest BCUT2D eigenvalue weighted by Crippen LogP contribution is -2.10. The predicted octanol–water partition coefficient (Wildman–Crippen LogP) is 3.84. The molecule has 0 aromatic heterocycles. The fourth-order valence-corrected chi connectivity index (χ4v) is 1.70. The maximum Gasteiger partial charge on any atom is 0.298 e. The standard InChI is InChI=1S/C14H14N4/c1-10-5-3-4-6-14(10)18-17-12-7-8-13(16-15)11(2)9-12/h3-9,11H,1-2H3. The van der Waals surface area contributed by atoms with Gasteiger partial charge in [-0.3, -0.25) is 0 Å². The normalized spacial score (nSPS) is 18.9. The lowest BCUT2D eigenvalue weighted by atomic mass is 9.99. The average Bonchev–Trinajstić information content (AvgIpc) is 2.38. The average molecular weight is 238 g/mol. The highest BCUT2D eigenvalue weighted by Gasteiger charge is 2.17. The van der Waals surface area contributed by atoms with Crippen molar-refractivity contribution >= 4 is 11.4 Å². The minimum atomic E-state index is 0.0471. The van der Waals surface area contributed by atoms with Gasteiger partial charge in [-0.15, -0.1) is 0 Å². The number of aryl methyl sites for hydroxylation is 1. The molecule has 0 spiro atoms. The first-order valence-corrected chi connectivity index (χ1v) is 5.80. The molecule has 0 heterocycles. The minimum absolute atomic E-state index is 0.0471. The molecule has 4 nitrogen and oxygen atoms in total. The van der Waals surface area contributed by atoms with Crippen molar-refractivity contribution in [1.82, 2.24) is 0 Å². The summed E-state index contributed by atoms with van der Waals surface area (Å²) in [5.74, 6) is 0.0471. The van der Waals surface area contributed by atoms with Gasteiger partial charge in [-0.05, 0) is 37.6 Å². The zero-order valence-electron chi connectivity index (χ0n) is 10.4. The molecule has 1 aromatic carbocycles. The minimum Gasteiger partial charge on any atom is -0.361 e. The molecule has 1 unspecified atom stereocenters. The summed E-state index contributed by atoms with van der Waals surface area (Å²) in [5, 5.41) is 8.41. The Balaban J connectivity index is 2.19. The summed E-state index contributed by atoms with van der Waals surface area (Å²) in [5.41, 5.74) is 12.1. The predicted molar refractivity (Wildman–Crippen MR) is 70.7 cm³/mol. The van der Waals surface area contributed by atoms with Crippen LogP contribution in [0.25, 0.3) is 5.53 Å². The van der Waals surface area contributed by atoms with Crippen molar-refractivity contribution in [3.63, 3.8) is 0 Å². The number of hydrogen-bond donors (Lipinski definition) is 0. The third-order valence-corrected chi connectivity index (χ3v) is 2.82. The van der Waals surface area contributed by atoms with Crippen molar-refractivity contribution in [2.75, 3.05) is 0 Å². The first kappa shape index (κ1) is 12.1. The third-order valence-electron chi connectivity index (χ3n) is 2.82. The van der Waals surface area contributed by atoms with Gasteiger partial charge in [0, 0.05) is 6.08 Å². The van der Waals surface area contributed by atoms with E-state index >= 15 is 0 Å². The van der Waals surface area contributed by atoms with E-state index in [1.807, 2.05) is 44.2 Å². The monoisotopic (exact) mass is 238 g/mol. The molecule has 1 aliphatic rings. The van der Waals surface area contributed by atoms with Gasteiger partial charge in [0.05, 0.1) is 17.3 Å². The van der Waals surface area contributed by atoms with E-state index in [1.165, 1.54) is 0 Å². The van der Waals surface area contributed by atoms with Crippen LogP contribution < -0.4 is 0 Å². The Morgan fingerprint density at radius 2 is 1.94 bits per heavy atom. The summed E-state index contributed by atoms with van der Waals surface area (Å²) >= 11 is 0. The molecule has 1 atom stereocenters. The van der Waals surface area contributed by atoms with Gasteiger partial charge in [0.25, 0.3) is 5.71 Å². The molecule has 1 aliphatic carbocycles. The molecule has 90 valence electrons. The summed E-state index contributed by atoms with van der Waals surface area (Å²) in [6, 6.07) is 7.83. The molecule has 2 rings (SSSR count). The maximum absolute atomic E-state index is 8.75. The van der Waals surface area contributed by atoms with Gasteiger partial charge in [0.1, 0.15) is 0 Å². The number of nitrogens with zero attached hydrogens (tertiary/aromatic N) is 4. The number of allylic oxidation sites excluding steroid dienone is 3. The maximum atomic E-state index is 8.75. The molecule has 1 aromatic rings. The second-order valence-electron chi connectivity index (χ2n) is 4.22. The van der Waals surface area contributed by atoms with Crippen LogP contribution in [0.2, 0.25) is 0 Å². The van der Waals surface area contributed by atoms with Gasteiger partial charge >= 0.3 is 0 Å². The van der Waals surface area contributed by atoms with E-state index in [0.717, 1.165) is 16.9 Å². The van der Waals surface area contributed by atoms with Crippen molar-refractivity contribution in [2.24, 2.45) is 16.1 Å². The van der Waals surface area contributed by atoms with Crippen molar-refractivity contribution < 1.29 is 4.79 Å². The molecule has 0 fully saturated rings. The first-order valence-electron chi connectivity index (χ1n) is 5.80. The third kappa shape index (κ3) is 2.67. The quantitative estimate of drug-likeness (QED) is 0.555. The molecule has 0 saturated carbocycles. The van der Waals surface area contributed by atoms with Gasteiger partial charge in [-0.25, -0.2) is 0 Å². The second-order valence-corrected chi connectivity index (χ2v) is 4.22. The van der Waals surface area contributed by atoms with Crippen LogP contribution in [0, 0.1) is 12.8 Å². The molecular formula is C14H14N4. The van der Waals surface area contributed by atoms with Crippen molar-refractivity contribution in [1.29, 1.82) is 0 Å². The molecular weight excluding hydrogens is 224 g/mol. The smallest absolute Gasteiger partial charge is 0.298 e. The molecule has 18 heavy (non-hydrogen) atoms. The summed E-state index contributed by atoms with van der Waals surface area (Å²) in [6.45, 7) is 3.94. The van der Waals surface area contributed by atoms with Gasteiger partial charge in [-0.2, -0.15) is 15.0 Å². The first-order chi connectivity index (χ1) is 8.70. The number of rotatable bonds is 2. The molecule has 0 radical (unpaired) electrons. The lowest BCUT2D eigenvalue weighted by molar-refractivity contribution is -0.00863. The summed E-state index contributed by atoms with van der Waals surface area (Å²) in [4.78, 5) is 3.21. The Morgan fingerprint density at radius 3 is 2.61 bits per heavy atom. The van der Waals surface area contributed by atoms with E-state index < -0.39 is 0 Å². The van der Waals surface area contributed by atoms with Crippen molar-refractivity contribution in [3.8, 4) is 0 Å². The molecule has 0 bridgehead atoms. The van der Waals surface area contributed by atoms with Gasteiger partial charge in [-0.1, -0.05) is 18.2 Å².